The Hall–Kier alpha value is 0.110. The Morgan fingerprint density at radius 2 is 2.20 bits per heavy atom. The van der Waals surface area contributed by atoms with Crippen LogP contribution in [-0.2, 0) is 4.57 Å². The van der Waals surface area contributed by atoms with Gasteiger partial charge in [-0.05, 0) is 13.5 Å². The third kappa shape index (κ3) is 4.94. The highest BCUT2D eigenvalue weighted by Gasteiger charge is 2.08. The van der Waals surface area contributed by atoms with Crippen LogP contribution >= 0.6 is 7.59 Å². The Kier molecular flexibility index (Phi) is 4.91. The predicted octanol–water partition coefficient (Wildman–Crippen LogP) is 0.662. The van der Waals surface area contributed by atoms with E-state index >= 15 is 0 Å². The van der Waals surface area contributed by atoms with Crippen molar-refractivity contribution in [3.8, 4) is 0 Å². The van der Waals surface area contributed by atoms with Gasteiger partial charge < -0.3 is 0 Å². The lowest BCUT2D eigenvalue weighted by atomic mass is 10.3. The Bertz CT molecular complexity index is 128. The van der Waals surface area contributed by atoms with Crippen LogP contribution in [0, 0.1) is 0 Å². The molecule has 1 unspecified atom stereocenters. The molecule has 4 N–H and O–H groups in total. The van der Waals surface area contributed by atoms with Gasteiger partial charge in [-0.25, -0.2) is 10.2 Å². The van der Waals surface area contributed by atoms with Gasteiger partial charge in [0.1, 0.15) is 0 Å². The molecule has 0 saturated carbocycles. The standard InChI is InChI=1S/C5H16N3OP/c1-3-4-5-8-10(6,9)7-2/h3-5H2,1-2H3,(H4,6,7,8,9). The highest BCUT2D eigenvalue weighted by Crippen LogP contribution is 2.21. The smallest absolute Gasteiger partial charge is 0.271 e. The molecule has 0 rings (SSSR count). The van der Waals surface area contributed by atoms with Gasteiger partial charge in [-0.15, -0.1) is 0 Å². The van der Waals surface area contributed by atoms with Crippen molar-refractivity contribution in [3.63, 3.8) is 0 Å². The van der Waals surface area contributed by atoms with Gasteiger partial charge in [0.25, 0.3) is 7.59 Å². The van der Waals surface area contributed by atoms with E-state index in [1.54, 1.807) is 7.05 Å². The quantitative estimate of drug-likeness (QED) is 0.413. The van der Waals surface area contributed by atoms with E-state index in [2.05, 4.69) is 17.1 Å². The molecule has 4 nitrogen and oxygen atoms in total. The largest absolute Gasteiger partial charge is 0.276 e. The van der Waals surface area contributed by atoms with E-state index in [4.69, 9.17) is 5.50 Å². The van der Waals surface area contributed by atoms with Crippen LogP contribution in [0.3, 0.4) is 0 Å². The average molecular weight is 165 g/mol. The van der Waals surface area contributed by atoms with Crippen molar-refractivity contribution in [2.75, 3.05) is 13.6 Å². The molecule has 0 aliphatic carbocycles. The fourth-order valence-corrected chi connectivity index (χ4v) is 1.15. The molecule has 0 radical (unpaired) electrons. The maximum Gasteiger partial charge on any atom is 0.276 e. The van der Waals surface area contributed by atoms with E-state index in [0.29, 0.717) is 6.54 Å². The van der Waals surface area contributed by atoms with E-state index in [-0.39, 0.29) is 0 Å². The summed E-state index contributed by atoms with van der Waals surface area (Å²) in [4.78, 5) is 0. The first kappa shape index (κ1) is 10.1. The molecule has 10 heavy (non-hydrogen) atoms. The van der Waals surface area contributed by atoms with Crippen LogP contribution < -0.4 is 15.7 Å². The third-order valence-electron chi connectivity index (χ3n) is 1.21. The number of rotatable bonds is 5. The highest BCUT2D eigenvalue weighted by molar-refractivity contribution is 7.57. The molecule has 0 heterocycles. The van der Waals surface area contributed by atoms with E-state index in [1.807, 2.05) is 0 Å². The van der Waals surface area contributed by atoms with Crippen LogP contribution in [0.25, 0.3) is 0 Å². The SMILES string of the molecule is CCCCNP(N)(=O)NC. The zero-order valence-electron chi connectivity index (χ0n) is 6.55. The molecular formula is C5H16N3OP. The first-order valence-corrected chi connectivity index (χ1v) is 5.22. The third-order valence-corrected chi connectivity index (χ3v) is 2.57. The summed E-state index contributed by atoms with van der Waals surface area (Å²) in [5.41, 5.74) is 5.29. The van der Waals surface area contributed by atoms with Gasteiger partial charge in [-0.3, -0.25) is 10.1 Å². The van der Waals surface area contributed by atoms with Crippen LogP contribution in [0.15, 0.2) is 0 Å². The first-order valence-electron chi connectivity index (χ1n) is 3.45. The van der Waals surface area contributed by atoms with Crippen LogP contribution in [0.1, 0.15) is 19.8 Å². The lowest BCUT2D eigenvalue weighted by molar-refractivity contribution is 0.556. The van der Waals surface area contributed by atoms with Gasteiger partial charge in [0.05, 0.1) is 0 Å². The number of hydrogen-bond acceptors (Lipinski definition) is 1. The number of hydrogen-bond donors (Lipinski definition) is 3. The fraction of sp³-hybridized carbons (Fsp3) is 1.00. The summed E-state index contributed by atoms with van der Waals surface area (Å²) in [5, 5.41) is 5.25. The second-order valence-corrected chi connectivity index (χ2v) is 4.22. The maximum absolute atomic E-state index is 11.0. The van der Waals surface area contributed by atoms with E-state index in [1.165, 1.54) is 0 Å². The Morgan fingerprint density at radius 3 is 2.60 bits per heavy atom. The van der Waals surface area contributed by atoms with E-state index in [9.17, 15) is 4.57 Å². The van der Waals surface area contributed by atoms with Gasteiger partial charge >= 0.3 is 0 Å². The summed E-state index contributed by atoms with van der Waals surface area (Å²) in [6.07, 6.45) is 2.08. The molecule has 0 aromatic carbocycles. The van der Waals surface area contributed by atoms with Crippen molar-refractivity contribution in [3.05, 3.63) is 0 Å². The molecule has 0 aromatic heterocycles. The molecule has 62 valence electrons. The van der Waals surface area contributed by atoms with Crippen molar-refractivity contribution in [2.45, 2.75) is 19.8 Å². The van der Waals surface area contributed by atoms with Crippen LogP contribution in [0.4, 0.5) is 0 Å². The van der Waals surface area contributed by atoms with Crippen LogP contribution in [0.2, 0.25) is 0 Å². The summed E-state index contributed by atoms with van der Waals surface area (Å²) in [6.45, 7) is 2.79. The normalized spacial score (nSPS) is 16.7. The fourth-order valence-electron chi connectivity index (χ4n) is 0.501. The van der Waals surface area contributed by atoms with Gasteiger partial charge in [0, 0.05) is 6.54 Å². The molecule has 0 spiro atoms. The second-order valence-electron chi connectivity index (χ2n) is 2.14. The highest BCUT2D eigenvalue weighted by atomic mass is 31.2. The Balaban J connectivity index is 3.38. The number of unbranched alkanes of at least 4 members (excludes halogenated alkanes) is 1. The predicted molar refractivity (Wildman–Crippen MR) is 43.8 cm³/mol. The van der Waals surface area contributed by atoms with Crippen molar-refractivity contribution < 1.29 is 4.57 Å². The van der Waals surface area contributed by atoms with E-state index in [0.717, 1.165) is 12.8 Å². The van der Waals surface area contributed by atoms with Crippen LogP contribution in [-0.4, -0.2) is 13.6 Å². The van der Waals surface area contributed by atoms with Crippen molar-refractivity contribution in [1.82, 2.24) is 10.2 Å². The molecule has 0 fully saturated rings. The molecule has 1 atom stereocenters. The number of nitrogens with one attached hydrogen (secondary N) is 2. The van der Waals surface area contributed by atoms with Gasteiger partial charge in [-0.2, -0.15) is 0 Å². The maximum atomic E-state index is 11.0. The molecular weight excluding hydrogens is 149 g/mol. The monoisotopic (exact) mass is 165 g/mol. The first-order chi connectivity index (χ1) is 4.62. The average Bonchev–Trinajstić information content (AvgIpc) is 1.89. The Morgan fingerprint density at radius 1 is 1.60 bits per heavy atom. The minimum Gasteiger partial charge on any atom is -0.271 e. The second kappa shape index (κ2) is 4.85. The van der Waals surface area contributed by atoms with Gasteiger partial charge in [0.2, 0.25) is 0 Å². The molecule has 0 aliphatic heterocycles. The summed E-state index contributed by atoms with van der Waals surface area (Å²) in [5.74, 6) is 0. The lowest BCUT2D eigenvalue weighted by Crippen LogP contribution is -2.25. The van der Waals surface area contributed by atoms with Crippen molar-refractivity contribution >= 4 is 7.59 Å². The zero-order chi connectivity index (χ0) is 8.04. The number of nitrogens with two attached hydrogens (primary N) is 1. The topological polar surface area (TPSA) is 67.1 Å². The minimum absolute atomic E-state index is 0.713. The minimum atomic E-state index is -2.70. The summed E-state index contributed by atoms with van der Waals surface area (Å²) in [6, 6.07) is 0. The van der Waals surface area contributed by atoms with Crippen molar-refractivity contribution in [1.29, 1.82) is 0 Å². The van der Waals surface area contributed by atoms with Crippen molar-refractivity contribution in [2.24, 2.45) is 5.50 Å². The molecule has 0 amide bonds. The summed E-state index contributed by atoms with van der Waals surface area (Å²) in [7, 11) is -1.12. The van der Waals surface area contributed by atoms with Gasteiger partial charge in [-0.1, -0.05) is 13.3 Å². The molecule has 0 aromatic rings. The van der Waals surface area contributed by atoms with Gasteiger partial charge in [0.15, 0.2) is 0 Å². The lowest BCUT2D eigenvalue weighted by Gasteiger charge is -2.11. The summed E-state index contributed by atoms with van der Waals surface area (Å²) >= 11 is 0. The molecule has 5 heteroatoms. The van der Waals surface area contributed by atoms with E-state index < -0.39 is 7.59 Å². The molecule has 0 saturated heterocycles. The zero-order valence-corrected chi connectivity index (χ0v) is 7.45. The molecule has 0 aliphatic rings. The molecule has 0 bridgehead atoms. The summed E-state index contributed by atoms with van der Waals surface area (Å²) < 4.78 is 11.0. The Labute approximate surface area is 62.1 Å². The van der Waals surface area contributed by atoms with Crippen LogP contribution in [0.5, 0.6) is 0 Å².